The number of carbonyl (C=O) groups is 1. The van der Waals surface area contributed by atoms with E-state index in [-0.39, 0.29) is 11.3 Å². The zero-order valence-corrected chi connectivity index (χ0v) is 15.7. The highest BCUT2D eigenvalue weighted by Crippen LogP contribution is 2.23. The molecule has 0 aliphatic carbocycles. The van der Waals surface area contributed by atoms with Crippen molar-refractivity contribution in [2.45, 2.75) is 6.54 Å². The number of nitro benzene ring substituents is 1. The van der Waals surface area contributed by atoms with Crippen LogP contribution in [0.4, 0.5) is 5.69 Å². The zero-order chi connectivity index (χ0) is 20.5. The van der Waals surface area contributed by atoms with Crippen LogP contribution in [0.3, 0.4) is 0 Å². The Labute approximate surface area is 166 Å². The molecule has 8 nitrogen and oxygen atoms in total. The minimum atomic E-state index is -0.747. The van der Waals surface area contributed by atoms with E-state index in [0.717, 1.165) is 17.6 Å². The number of non-ortho nitro benzene ring substituents is 1. The third kappa shape index (κ3) is 3.27. The Hall–Kier alpha value is -3.85. The van der Waals surface area contributed by atoms with Gasteiger partial charge in [-0.3, -0.25) is 19.7 Å². The Morgan fingerprint density at radius 2 is 2.10 bits per heavy atom. The lowest BCUT2D eigenvalue weighted by atomic mass is 10.2. The largest absolute Gasteiger partial charge is 0.463 e. The van der Waals surface area contributed by atoms with Crippen LogP contribution in [0.1, 0.15) is 10.4 Å². The molecule has 0 saturated carbocycles. The Bertz CT molecular complexity index is 1430. The van der Waals surface area contributed by atoms with Crippen molar-refractivity contribution in [3.8, 4) is 0 Å². The number of allylic oxidation sites excluding steroid dienone is 1. The molecular formula is C20H13N3O5S. The molecule has 29 heavy (non-hydrogen) atoms. The molecule has 0 radical (unpaired) electrons. The molecule has 0 aliphatic heterocycles. The lowest BCUT2D eigenvalue weighted by molar-refractivity contribution is -0.384. The summed E-state index contributed by atoms with van der Waals surface area (Å²) in [6.07, 6.45) is 2.73. The second kappa shape index (κ2) is 7.28. The fourth-order valence-electron chi connectivity index (χ4n) is 2.94. The van der Waals surface area contributed by atoms with E-state index in [1.807, 2.05) is 0 Å². The minimum absolute atomic E-state index is 0.0578. The molecule has 4 rings (SSSR count). The number of hydrogen-bond donors (Lipinski definition) is 0. The first kappa shape index (κ1) is 18.5. The smallest absolute Gasteiger partial charge is 0.286 e. The van der Waals surface area contributed by atoms with Crippen LogP contribution in [0, 0.1) is 10.1 Å². The van der Waals surface area contributed by atoms with E-state index in [2.05, 4.69) is 11.6 Å². The maximum Gasteiger partial charge on any atom is 0.286 e. The van der Waals surface area contributed by atoms with Gasteiger partial charge in [0.2, 0.25) is 5.43 Å². The highest BCUT2D eigenvalue weighted by atomic mass is 32.1. The van der Waals surface area contributed by atoms with Crippen molar-refractivity contribution in [1.82, 2.24) is 4.57 Å². The standard InChI is InChI=1S/C20H13N3O5S/c1-2-9-22-15-8-7-12(23(26)27)10-17(15)29-20(22)21-19(25)14-11-28-16-6-4-3-5-13(16)18(14)24/h2-8,10-11H,1,9H2. The SMILES string of the molecule is C=CCn1c(=NC(=O)c2coc3ccccc3c2=O)sc2cc([N+](=O)[O-])ccc21. The third-order valence-corrected chi connectivity index (χ3v) is 5.34. The van der Waals surface area contributed by atoms with Crippen molar-refractivity contribution < 1.29 is 14.1 Å². The van der Waals surface area contributed by atoms with Crippen LogP contribution in [0.2, 0.25) is 0 Å². The summed E-state index contributed by atoms with van der Waals surface area (Å²) in [5, 5.41) is 11.3. The van der Waals surface area contributed by atoms with E-state index in [9.17, 15) is 19.7 Å². The predicted octanol–water partition coefficient (Wildman–Crippen LogP) is 3.64. The monoisotopic (exact) mass is 407 g/mol. The molecule has 0 saturated heterocycles. The van der Waals surface area contributed by atoms with Gasteiger partial charge in [0, 0.05) is 18.7 Å². The minimum Gasteiger partial charge on any atom is -0.463 e. The van der Waals surface area contributed by atoms with E-state index < -0.39 is 16.3 Å². The number of fused-ring (bicyclic) bond motifs is 2. The van der Waals surface area contributed by atoms with E-state index in [0.29, 0.717) is 32.5 Å². The second-order valence-electron chi connectivity index (χ2n) is 6.08. The van der Waals surface area contributed by atoms with Gasteiger partial charge in [-0.1, -0.05) is 29.5 Å². The lowest BCUT2D eigenvalue weighted by Gasteiger charge is -2.01. The molecule has 2 aromatic carbocycles. The van der Waals surface area contributed by atoms with Crippen LogP contribution in [-0.4, -0.2) is 15.4 Å². The molecule has 0 fully saturated rings. The van der Waals surface area contributed by atoms with Crippen LogP contribution in [0.5, 0.6) is 0 Å². The number of thiazole rings is 1. The van der Waals surface area contributed by atoms with Crippen LogP contribution < -0.4 is 10.2 Å². The van der Waals surface area contributed by atoms with Gasteiger partial charge >= 0.3 is 0 Å². The number of amides is 1. The number of benzene rings is 2. The van der Waals surface area contributed by atoms with Crippen molar-refractivity contribution in [2.75, 3.05) is 0 Å². The number of rotatable bonds is 4. The maximum atomic E-state index is 12.7. The molecule has 0 unspecified atom stereocenters. The van der Waals surface area contributed by atoms with Crippen molar-refractivity contribution in [3.05, 3.63) is 92.1 Å². The van der Waals surface area contributed by atoms with Gasteiger partial charge in [-0.25, -0.2) is 0 Å². The number of hydrogen-bond acceptors (Lipinski definition) is 6. The highest BCUT2D eigenvalue weighted by Gasteiger charge is 2.16. The van der Waals surface area contributed by atoms with Crippen molar-refractivity contribution >= 4 is 44.1 Å². The number of aromatic nitrogens is 1. The molecule has 0 aliphatic rings. The first-order valence-electron chi connectivity index (χ1n) is 8.48. The summed E-state index contributed by atoms with van der Waals surface area (Å²) in [5.41, 5.74) is 0.352. The number of nitrogens with zero attached hydrogens (tertiary/aromatic N) is 3. The van der Waals surface area contributed by atoms with Gasteiger partial charge in [0.1, 0.15) is 17.4 Å². The molecule has 0 spiro atoms. The van der Waals surface area contributed by atoms with Crippen molar-refractivity contribution in [3.63, 3.8) is 0 Å². The van der Waals surface area contributed by atoms with Gasteiger partial charge in [0.15, 0.2) is 4.80 Å². The Morgan fingerprint density at radius 1 is 1.31 bits per heavy atom. The molecule has 9 heteroatoms. The van der Waals surface area contributed by atoms with E-state index in [1.165, 1.54) is 12.1 Å². The van der Waals surface area contributed by atoms with E-state index in [4.69, 9.17) is 4.42 Å². The van der Waals surface area contributed by atoms with Gasteiger partial charge < -0.3 is 8.98 Å². The Kier molecular flexibility index (Phi) is 4.65. The second-order valence-corrected chi connectivity index (χ2v) is 7.09. The molecule has 0 N–H and O–H groups in total. The molecule has 2 aromatic heterocycles. The summed E-state index contributed by atoms with van der Waals surface area (Å²) in [4.78, 5) is 40.3. The van der Waals surface area contributed by atoms with E-state index in [1.54, 1.807) is 41.0 Å². The summed E-state index contributed by atoms with van der Waals surface area (Å²) < 4.78 is 7.69. The van der Waals surface area contributed by atoms with Crippen LogP contribution in [0.15, 0.2) is 75.6 Å². The van der Waals surface area contributed by atoms with Crippen LogP contribution in [-0.2, 0) is 6.54 Å². The fraction of sp³-hybridized carbons (Fsp3) is 0.0500. The lowest BCUT2D eigenvalue weighted by Crippen LogP contribution is -2.19. The molecule has 2 heterocycles. The van der Waals surface area contributed by atoms with Gasteiger partial charge in [0.25, 0.3) is 11.6 Å². The Balaban J connectivity index is 1.89. The summed E-state index contributed by atoms with van der Waals surface area (Å²) in [6, 6.07) is 11.0. The maximum absolute atomic E-state index is 12.7. The van der Waals surface area contributed by atoms with E-state index >= 15 is 0 Å². The molecule has 0 atom stereocenters. The molecule has 1 amide bonds. The average Bonchev–Trinajstić information content (AvgIpc) is 3.05. The molecule has 4 aromatic rings. The number of para-hydroxylation sites is 1. The van der Waals surface area contributed by atoms with Crippen molar-refractivity contribution in [2.24, 2.45) is 4.99 Å². The normalized spacial score (nSPS) is 11.8. The predicted molar refractivity (Wildman–Crippen MR) is 109 cm³/mol. The topological polar surface area (TPSA) is 108 Å². The van der Waals surface area contributed by atoms with Gasteiger partial charge in [-0.2, -0.15) is 4.99 Å². The molecule has 0 bridgehead atoms. The fourth-order valence-corrected chi connectivity index (χ4v) is 4.01. The summed E-state index contributed by atoms with van der Waals surface area (Å²) in [5.74, 6) is -0.747. The Morgan fingerprint density at radius 3 is 2.86 bits per heavy atom. The molecular weight excluding hydrogens is 394 g/mol. The first-order valence-corrected chi connectivity index (χ1v) is 9.29. The molecule has 144 valence electrons. The van der Waals surface area contributed by atoms with Crippen LogP contribution >= 0.6 is 11.3 Å². The van der Waals surface area contributed by atoms with Gasteiger partial charge in [-0.05, 0) is 18.2 Å². The first-order chi connectivity index (χ1) is 14.0. The zero-order valence-electron chi connectivity index (χ0n) is 14.9. The highest BCUT2D eigenvalue weighted by molar-refractivity contribution is 7.16. The summed E-state index contributed by atoms with van der Waals surface area (Å²) in [6.45, 7) is 4.04. The van der Waals surface area contributed by atoms with Gasteiger partial charge in [0.05, 0.1) is 20.5 Å². The van der Waals surface area contributed by atoms with Crippen LogP contribution in [0.25, 0.3) is 21.2 Å². The van der Waals surface area contributed by atoms with Gasteiger partial charge in [-0.15, -0.1) is 6.58 Å². The summed E-state index contributed by atoms with van der Waals surface area (Å²) in [7, 11) is 0. The quantitative estimate of drug-likeness (QED) is 0.292. The average molecular weight is 407 g/mol. The van der Waals surface area contributed by atoms with Crippen molar-refractivity contribution in [1.29, 1.82) is 0 Å². The number of nitro groups is 1. The third-order valence-electron chi connectivity index (χ3n) is 4.30. The summed E-state index contributed by atoms with van der Waals surface area (Å²) >= 11 is 1.12. The number of carbonyl (C=O) groups excluding carboxylic acids is 1.